The molecular formula is C15H21N7O. The van der Waals surface area contributed by atoms with Crippen LogP contribution < -0.4 is 4.90 Å². The van der Waals surface area contributed by atoms with Crippen molar-refractivity contribution < 1.29 is 4.79 Å². The molecule has 0 radical (unpaired) electrons. The van der Waals surface area contributed by atoms with Gasteiger partial charge in [-0.2, -0.15) is 0 Å². The Kier molecular flexibility index (Phi) is 3.80. The molecule has 1 saturated carbocycles. The molecule has 0 spiro atoms. The molecule has 2 aliphatic rings. The van der Waals surface area contributed by atoms with E-state index in [-0.39, 0.29) is 0 Å². The summed E-state index contributed by atoms with van der Waals surface area (Å²) in [4.78, 5) is 16.6. The van der Waals surface area contributed by atoms with Crippen LogP contribution in [0.3, 0.4) is 0 Å². The minimum Gasteiger partial charge on any atom is -0.352 e. The summed E-state index contributed by atoms with van der Waals surface area (Å²) in [5.41, 5.74) is 0.638. The van der Waals surface area contributed by atoms with Gasteiger partial charge in [0.05, 0.1) is 0 Å². The molecule has 0 atom stereocenters. The first-order chi connectivity index (χ1) is 11.3. The van der Waals surface area contributed by atoms with Crippen molar-refractivity contribution in [2.45, 2.75) is 32.1 Å². The molecule has 2 aromatic rings. The van der Waals surface area contributed by atoms with Crippen LogP contribution in [0.2, 0.25) is 0 Å². The van der Waals surface area contributed by atoms with Gasteiger partial charge in [-0.25, -0.2) is 0 Å². The van der Waals surface area contributed by atoms with E-state index in [0.29, 0.717) is 17.5 Å². The van der Waals surface area contributed by atoms with Crippen LogP contribution in [0.15, 0.2) is 12.1 Å². The lowest BCUT2D eigenvalue weighted by atomic mass is 10.0. The average Bonchev–Trinajstić information content (AvgIpc) is 3.25. The molecule has 8 nitrogen and oxygen atoms in total. The van der Waals surface area contributed by atoms with E-state index in [1.807, 2.05) is 17.0 Å². The first-order valence-electron chi connectivity index (χ1n) is 8.38. The Morgan fingerprint density at radius 3 is 2.70 bits per heavy atom. The van der Waals surface area contributed by atoms with Crippen molar-refractivity contribution in [1.82, 2.24) is 30.2 Å². The smallest absolute Gasteiger partial charge is 0.222 e. The zero-order chi connectivity index (χ0) is 15.6. The highest BCUT2D eigenvalue weighted by atomic mass is 16.2. The number of piperazine rings is 1. The number of amides is 1. The van der Waals surface area contributed by atoms with E-state index in [1.165, 1.54) is 30.3 Å². The average molecular weight is 315 g/mol. The number of hydrogen-bond donors (Lipinski definition) is 0. The topological polar surface area (TPSA) is 79.5 Å². The van der Waals surface area contributed by atoms with Gasteiger partial charge in [-0.15, -0.1) is 14.8 Å². The first kappa shape index (κ1) is 14.3. The van der Waals surface area contributed by atoms with Gasteiger partial charge in [0.15, 0.2) is 11.5 Å². The van der Waals surface area contributed by atoms with Gasteiger partial charge in [0, 0.05) is 32.6 Å². The molecule has 3 heterocycles. The molecule has 1 saturated heterocycles. The Bertz CT molecular complexity index is 686. The van der Waals surface area contributed by atoms with Gasteiger partial charge < -0.3 is 9.80 Å². The lowest BCUT2D eigenvalue weighted by molar-refractivity contribution is -0.132. The highest BCUT2D eigenvalue weighted by Gasteiger charge is 2.25. The van der Waals surface area contributed by atoms with Gasteiger partial charge in [0.2, 0.25) is 5.91 Å². The van der Waals surface area contributed by atoms with Gasteiger partial charge in [-0.1, -0.05) is 12.8 Å². The second kappa shape index (κ2) is 6.10. The molecule has 0 unspecified atom stereocenters. The SMILES string of the molecule is O=C(CC1CCCC1)N1CCN(c2ccc3nnnn3n2)CC1. The Morgan fingerprint density at radius 1 is 1.13 bits per heavy atom. The fourth-order valence-corrected chi connectivity index (χ4v) is 3.58. The maximum absolute atomic E-state index is 12.4. The molecule has 122 valence electrons. The molecule has 0 bridgehead atoms. The summed E-state index contributed by atoms with van der Waals surface area (Å²) in [6.07, 6.45) is 5.76. The molecule has 4 rings (SSSR count). The number of anilines is 1. The number of tetrazole rings is 1. The van der Waals surface area contributed by atoms with Crippen molar-refractivity contribution in [3.8, 4) is 0 Å². The minimum atomic E-state index is 0.320. The summed E-state index contributed by atoms with van der Waals surface area (Å²) < 4.78 is 1.44. The van der Waals surface area contributed by atoms with Gasteiger partial charge in [-0.3, -0.25) is 4.79 Å². The van der Waals surface area contributed by atoms with Crippen molar-refractivity contribution in [2.24, 2.45) is 5.92 Å². The number of hydrogen-bond acceptors (Lipinski definition) is 6. The fraction of sp³-hybridized carbons (Fsp3) is 0.667. The van der Waals surface area contributed by atoms with Gasteiger partial charge in [-0.05, 0) is 41.3 Å². The third-order valence-corrected chi connectivity index (χ3v) is 4.95. The molecule has 23 heavy (non-hydrogen) atoms. The summed E-state index contributed by atoms with van der Waals surface area (Å²) >= 11 is 0. The predicted molar refractivity (Wildman–Crippen MR) is 83.9 cm³/mol. The summed E-state index contributed by atoms with van der Waals surface area (Å²) in [6.45, 7) is 3.13. The Balaban J connectivity index is 1.35. The van der Waals surface area contributed by atoms with Crippen LogP contribution in [0.25, 0.3) is 5.65 Å². The van der Waals surface area contributed by atoms with Crippen molar-refractivity contribution in [1.29, 1.82) is 0 Å². The maximum Gasteiger partial charge on any atom is 0.222 e. The van der Waals surface area contributed by atoms with E-state index in [2.05, 4.69) is 25.5 Å². The maximum atomic E-state index is 12.4. The van der Waals surface area contributed by atoms with Crippen LogP contribution >= 0.6 is 0 Å². The number of carbonyl (C=O) groups is 1. The predicted octanol–water partition coefficient (Wildman–Crippen LogP) is 0.748. The third kappa shape index (κ3) is 2.97. The molecule has 0 aromatic carbocycles. The summed E-state index contributed by atoms with van der Waals surface area (Å²) in [6, 6.07) is 3.79. The number of nitrogens with zero attached hydrogens (tertiary/aromatic N) is 7. The van der Waals surface area contributed by atoms with E-state index in [1.54, 1.807) is 0 Å². The summed E-state index contributed by atoms with van der Waals surface area (Å²) in [5.74, 6) is 1.79. The lowest BCUT2D eigenvalue weighted by Crippen LogP contribution is -2.49. The first-order valence-corrected chi connectivity index (χ1v) is 8.38. The Labute approximate surface area is 134 Å². The molecule has 0 N–H and O–H groups in total. The zero-order valence-electron chi connectivity index (χ0n) is 13.1. The van der Waals surface area contributed by atoms with Crippen molar-refractivity contribution >= 4 is 17.4 Å². The minimum absolute atomic E-state index is 0.320. The fourth-order valence-electron chi connectivity index (χ4n) is 3.58. The highest BCUT2D eigenvalue weighted by Crippen LogP contribution is 2.28. The number of fused-ring (bicyclic) bond motifs is 1. The quantitative estimate of drug-likeness (QED) is 0.831. The van der Waals surface area contributed by atoms with E-state index in [9.17, 15) is 4.79 Å². The van der Waals surface area contributed by atoms with Crippen LogP contribution in [0.5, 0.6) is 0 Å². The van der Waals surface area contributed by atoms with E-state index in [4.69, 9.17) is 0 Å². The molecule has 2 aromatic heterocycles. The molecule has 1 aliphatic heterocycles. The number of rotatable bonds is 3. The van der Waals surface area contributed by atoms with Gasteiger partial charge in [0.25, 0.3) is 0 Å². The van der Waals surface area contributed by atoms with Crippen LogP contribution in [-0.4, -0.2) is 62.2 Å². The van der Waals surface area contributed by atoms with Crippen LogP contribution in [0, 0.1) is 5.92 Å². The van der Waals surface area contributed by atoms with Gasteiger partial charge >= 0.3 is 0 Å². The second-order valence-corrected chi connectivity index (χ2v) is 6.44. The monoisotopic (exact) mass is 315 g/mol. The third-order valence-electron chi connectivity index (χ3n) is 4.95. The normalized spacial score (nSPS) is 19.7. The van der Waals surface area contributed by atoms with E-state index < -0.39 is 0 Å². The largest absolute Gasteiger partial charge is 0.352 e. The Morgan fingerprint density at radius 2 is 1.91 bits per heavy atom. The van der Waals surface area contributed by atoms with E-state index >= 15 is 0 Å². The van der Waals surface area contributed by atoms with Crippen LogP contribution in [0.1, 0.15) is 32.1 Å². The molecule has 1 aliphatic carbocycles. The highest BCUT2D eigenvalue weighted by molar-refractivity contribution is 5.76. The van der Waals surface area contributed by atoms with Crippen molar-refractivity contribution in [3.05, 3.63) is 12.1 Å². The van der Waals surface area contributed by atoms with Crippen LogP contribution in [0.4, 0.5) is 5.82 Å². The molecule has 1 amide bonds. The van der Waals surface area contributed by atoms with Crippen molar-refractivity contribution in [3.63, 3.8) is 0 Å². The zero-order valence-corrected chi connectivity index (χ0v) is 13.1. The van der Waals surface area contributed by atoms with Crippen molar-refractivity contribution in [2.75, 3.05) is 31.1 Å². The number of aromatic nitrogens is 5. The van der Waals surface area contributed by atoms with E-state index in [0.717, 1.165) is 38.4 Å². The number of carbonyl (C=O) groups excluding carboxylic acids is 1. The molecular weight excluding hydrogens is 294 g/mol. The summed E-state index contributed by atoms with van der Waals surface area (Å²) in [5, 5.41) is 15.7. The lowest BCUT2D eigenvalue weighted by Gasteiger charge is -2.35. The standard InChI is InChI=1S/C15H21N7O/c23-15(11-12-3-1-2-4-12)21-9-7-20(8-10-21)14-6-5-13-16-18-19-22(13)17-14/h5-6,12H,1-4,7-11H2. The molecule has 2 fully saturated rings. The van der Waals surface area contributed by atoms with Crippen LogP contribution in [-0.2, 0) is 4.79 Å². The molecule has 8 heteroatoms. The summed E-state index contributed by atoms with van der Waals surface area (Å²) in [7, 11) is 0. The second-order valence-electron chi connectivity index (χ2n) is 6.44. The van der Waals surface area contributed by atoms with Gasteiger partial charge in [0.1, 0.15) is 0 Å². The Hall–Kier alpha value is -2.25.